The topological polar surface area (TPSA) is 77.1 Å². The highest BCUT2D eigenvalue weighted by molar-refractivity contribution is 6.33. The number of halogens is 1. The van der Waals surface area contributed by atoms with Crippen LogP contribution >= 0.6 is 11.6 Å². The second-order valence-electron chi connectivity index (χ2n) is 4.86. The lowest BCUT2D eigenvalue weighted by atomic mass is 10.2. The molecule has 0 unspecified atom stereocenters. The molecule has 0 spiro atoms. The Morgan fingerprint density at radius 1 is 1.33 bits per heavy atom. The Morgan fingerprint density at radius 3 is 2.71 bits per heavy atom. The van der Waals surface area contributed by atoms with Gasteiger partial charge in [-0.05, 0) is 30.0 Å². The molecule has 2 heterocycles. The molecule has 2 aromatic rings. The average molecular weight is 303 g/mol. The molecule has 1 aliphatic heterocycles. The predicted molar refractivity (Wildman–Crippen MR) is 78.9 cm³/mol. The number of nitrogens with zero attached hydrogens (tertiary/aromatic N) is 4. The number of carbonyl (C=O) groups excluding carboxylic acids is 1. The Labute approximate surface area is 126 Å². The number of benzene rings is 1. The van der Waals surface area contributed by atoms with Crippen LogP contribution < -0.4 is 0 Å². The number of nitrogens with one attached hydrogen (secondary N) is 1. The molecule has 0 saturated carbocycles. The Bertz CT molecular complexity index is 727. The van der Waals surface area contributed by atoms with Crippen LogP contribution in [0.1, 0.15) is 23.3 Å². The summed E-state index contributed by atoms with van der Waals surface area (Å²) in [6, 6.07) is 7.15. The maximum Gasteiger partial charge on any atom is 0.496 e. The molecule has 0 bridgehead atoms. The van der Waals surface area contributed by atoms with Gasteiger partial charge in [-0.3, -0.25) is 4.79 Å². The third-order valence-electron chi connectivity index (χ3n) is 3.52. The van der Waals surface area contributed by atoms with Gasteiger partial charge < -0.3 is 9.88 Å². The molecule has 6 nitrogen and oxygen atoms in total. The number of diazo groups is 1. The highest BCUT2D eigenvalue weighted by Gasteiger charge is 2.32. The third-order valence-corrected chi connectivity index (χ3v) is 3.85. The van der Waals surface area contributed by atoms with Crippen molar-refractivity contribution in [3.8, 4) is 11.4 Å². The van der Waals surface area contributed by atoms with Crippen molar-refractivity contribution in [1.82, 2.24) is 14.9 Å². The zero-order chi connectivity index (χ0) is 14.8. The van der Waals surface area contributed by atoms with Crippen LogP contribution in [0.3, 0.4) is 0 Å². The number of hydrogen-bond acceptors (Lipinski definition) is 3. The van der Waals surface area contributed by atoms with Gasteiger partial charge in [-0.2, -0.15) is 0 Å². The zero-order valence-electron chi connectivity index (χ0n) is 11.2. The number of carbonyl (C=O) groups is 1. The van der Waals surface area contributed by atoms with Gasteiger partial charge in [0, 0.05) is 18.1 Å². The smallest absolute Gasteiger partial charge is 0.337 e. The molecule has 21 heavy (non-hydrogen) atoms. The summed E-state index contributed by atoms with van der Waals surface area (Å²) >= 11 is 6.12. The number of hydrogen-bond donors (Lipinski definition) is 1. The van der Waals surface area contributed by atoms with Crippen LogP contribution in [0.4, 0.5) is 5.82 Å². The Kier molecular flexibility index (Phi) is 3.59. The van der Waals surface area contributed by atoms with E-state index in [1.165, 1.54) is 0 Å². The summed E-state index contributed by atoms with van der Waals surface area (Å²) in [4.78, 5) is 24.3. The largest absolute Gasteiger partial charge is 0.496 e. The van der Waals surface area contributed by atoms with E-state index in [0.29, 0.717) is 29.5 Å². The van der Waals surface area contributed by atoms with Gasteiger partial charge in [-0.1, -0.05) is 23.7 Å². The van der Waals surface area contributed by atoms with E-state index in [9.17, 15) is 4.79 Å². The van der Waals surface area contributed by atoms with E-state index in [1.54, 1.807) is 17.0 Å². The molecular weight excluding hydrogens is 290 g/mol. The van der Waals surface area contributed by atoms with Gasteiger partial charge >= 0.3 is 5.82 Å². The minimum atomic E-state index is -0.203. The van der Waals surface area contributed by atoms with Crippen LogP contribution in [0, 0.1) is 5.39 Å². The van der Waals surface area contributed by atoms with Crippen LogP contribution in [-0.2, 0) is 0 Å². The van der Waals surface area contributed by atoms with Crippen LogP contribution in [-0.4, -0.2) is 33.9 Å². The second-order valence-corrected chi connectivity index (χ2v) is 5.27. The Morgan fingerprint density at radius 2 is 2.05 bits per heavy atom. The van der Waals surface area contributed by atoms with Crippen LogP contribution in [0.5, 0.6) is 0 Å². The lowest BCUT2D eigenvalue weighted by Gasteiger charge is -2.12. The molecule has 1 aromatic heterocycles. The van der Waals surface area contributed by atoms with Crippen molar-refractivity contribution in [2.24, 2.45) is 0 Å². The molecular formula is C14H13ClN5O+. The van der Waals surface area contributed by atoms with Gasteiger partial charge in [0.25, 0.3) is 11.7 Å². The maximum atomic E-state index is 12.4. The van der Waals surface area contributed by atoms with Gasteiger partial charge in [0.05, 0.1) is 16.0 Å². The molecule has 1 saturated heterocycles. The SMILES string of the molecule is N#[N+]c1nc(-c2ccccc2Cl)[nH]c1C(=O)N1CCCC1. The van der Waals surface area contributed by atoms with Crippen molar-refractivity contribution in [2.75, 3.05) is 13.1 Å². The molecule has 0 atom stereocenters. The summed E-state index contributed by atoms with van der Waals surface area (Å²) in [7, 11) is 0. The minimum Gasteiger partial charge on any atom is -0.337 e. The number of aromatic amines is 1. The second kappa shape index (κ2) is 5.54. The first kappa shape index (κ1) is 13.6. The standard InChI is InChI=1S/C14H12ClN5O/c15-10-6-2-1-5-9(10)12-17-11(13(18-12)19-16)14(21)20-7-3-4-8-20/h1-2,5-6H,3-4,7-8H2/p+1. The van der Waals surface area contributed by atoms with Crippen molar-refractivity contribution in [1.29, 1.82) is 5.39 Å². The normalized spacial score (nSPS) is 14.2. The minimum absolute atomic E-state index is 0.0122. The first-order chi connectivity index (χ1) is 10.2. The van der Waals surface area contributed by atoms with Gasteiger partial charge in [-0.15, -0.1) is 0 Å². The molecule has 1 N–H and O–H groups in total. The molecule has 106 valence electrons. The van der Waals surface area contributed by atoms with E-state index < -0.39 is 0 Å². The monoisotopic (exact) mass is 302 g/mol. The number of H-pyrrole nitrogens is 1. The summed E-state index contributed by atoms with van der Waals surface area (Å²) in [5, 5.41) is 9.59. The number of rotatable bonds is 2. The summed E-state index contributed by atoms with van der Waals surface area (Å²) in [5.41, 5.74) is 0.846. The first-order valence-corrected chi connectivity index (χ1v) is 7.08. The van der Waals surface area contributed by atoms with Crippen molar-refractivity contribution in [2.45, 2.75) is 12.8 Å². The predicted octanol–water partition coefficient (Wildman–Crippen LogP) is 3.45. The molecule has 7 heteroatoms. The quantitative estimate of drug-likeness (QED) is 0.863. The van der Waals surface area contributed by atoms with E-state index in [0.717, 1.165) is 12.8 Å². The van der Waals surface area contributed by atoms with Gasteiger partial charge in [0.2, 0.25) is 5.69 Å². The van der Waals surface area contributed by atoms with E-state index in [1.807, 2.05) is 12.1 Å². The maximum absolute atomic E-state index is 12.4. The molecule has 1 aromatic carbocycles. The van der Waals surface area contributed by atoms with Gasteiger partial charge in [0.15, 0.2) is 0 Å². The fraction of sp³-hybridized carbons (Fsp3) is 0.286. The molecule has 1 aliphatic rings. The number of likely N-dealkylation sites (tertiary alicyclic amines) is 1. The summed E-state index contributed by atoms with van der Waals surface area (Å²) in [6.07, 6.45) is 1.98. The molecule has 1 fully saturated rings. The average Bonchev–Trinajstić information content (AvgIpc) is 3.16. The fourth-order valence-electron chi connectivity index (χ4n) is 2.44. The van der Waals surface area contributed by atoms with Gasteiger partial charge in [-0.25, -0.2) is 0 Å². The van der Waals surface area contributed by atoms with Gasteiger partial charge in [0.1, 0.15) is 0 Å². The number of imidazole rings is 1. The van der Waals surface area contributed by atoms with E-state index in [2.05, 4.69) is 14.9 Å². The molecule has 0 radical (unpaired) electrons. The lowest BCUT2D eigenvalue weighted by molar-refractivity contribution is 0.0789. The van der Waals surface area contributed by atoms with Crippen molar-refractivity contribution >= 4 is 23.3 Å². The first-order valence-electron chi connectivity index (χ1n) is 6.70. The highest BCUT2D eigenvalue weighted by atomic mass is 35.5. The number of aromatic nitrogens is 2. The van der Waals surface area contributed by atoms with E-state index >= 15 is 0 Å². The summed E-state index contributed by atoms with van der Waals surface area (Å²) < 4.78 is 0. The molecule has 1 amide bonds. The molecule has 3 rings (SSSR count). The Balaban J connectivity index is 2.01. The van der Waals surface area contributed by atoms with E-state index in [-0.39, 0.29) is 17.4 Å². The van der Waals surface area contributed by atoms with Crippen LogP contribution in [0.2, 0.25) is 5.02 Å². The highest BCUT2D eigenvalue weighted by Crippen LogP contribution is 2.29. The lowest BCUT2D eigenvalue weighted by Crippen LogP contribution is -2.27. The van der Waals surface area contributed by atoms with Crippen molar-refractivity contribution in [3.63, 3.8) is 0 Å². The summed E-state index contributed by atoms with van der Waals surface area (Å²) in [5.74, 6) is 0.198. The zero-order valence-corrected chi connectivity index (χ0v) is 12.0. The van der Waals surface area contributed by atoms with Crippen molar-refractivity contribution in [3.05, 3.63) is 40.0 Å². The number of amides is 1. The van der Waals surface area contributed by atoms with Crippen LogP contribution in [0.15, 0.2) is 24.3 Å². The van der Waals surface area contributed by atoms with Crippen molar-refractivity contribution < 1.29 is 4.79 Å². The third kappa shape index (κ3) is 2.48. The fourth-order valence-corrected chi connectivity index (χ4v) is 2.67. The van der Waals surface area contributed by atoms with E-state index in [4.69, 9.17) is 17.0 Å². The summed E-state index contributed by atoms with van der Waals surface area (Å²) in [6.45, 7) is 1.42. The van der Waals surface area contributed by atoms with Crippen LogP contribution in [0.25, 0.3) is 16.4 Å². The molecule has 0 aliphatic carbocycles. The Hall–Kier alpha value is -2.39.